The molecule has 3 rings (SSSR count). The molecule has 0 radical (unpaired) electrons. The van der Waals surface area contributed by atoms with Crippen molar-refractivity contribution in [3.63, 3.8) is 0 Å². The van der Waals surface area contributed by atoms with E-state index >= 15 is 0 Å². The minimum absolute atomic E-state index is 0.0901. The molecular formula is C17H22O3. The summed E-state index contributed by atoms with van der Waals surface area (Å²) in [4.78, 5) is 12.1. The number of rotatable bonds is 3. The lowest BCUT2D eigenvalue weighted by molar-refractivity contribution is -0.146. The first-order chi connectivity index (χ1) is 9.62. The molecule has 1 saturated heterocycles. The lowest BCUT2D eigenvalue weighted by Gasteiger charge is -2.37. The van der Waals surface area contributed by atoms with Crippen molar-refractivity contribution in [3.05, 3.63) is 35.4 Å². The monoisotopic (exact) mass is 274 g/mol. The van der Waals surface area contributed by atoms with Crippen LogP contribution in [0.1, 0.15) is 50.2 Å². The fourth-order valence-corrected chi connectivity index (χ4v) is 3.87. The van der Waals surface area contributed by atoms with Crippen LogP contribution in [0.4, 0.5) is 0 Å². The van der Waals surface area contributed by atoms with E-state index in [0.717, 1.165) is 37.7 Å². The van der Waals surface area contributed by atoms with E-state index in [1.54, 1.807) is 0 Å². The molecule has 3 heteroatoms. The van der Waals surface area contributed by atoms with Gasteiger partial charge in [0, 0.05) is 0 Å². The molecule has 108 valence electrons. The minimum atomic E-state index is -0.746. The number of hydrogen-bond donors (Lipinski definition) is 1. The molecule has 0 spiro atoms. The first-order valence-corrected chi connectivity index (χ1v) is 7.59. The number of fused-ring (bicyclic) bond motifs is 1. The highest BCUT2D eigenvalue weighted by molar-refractivity contribution is 5.82. The maximum Gasteiger partial charge on any atom is 0.314 e. The summed E-state index contributed by atoms with van der Waals surface area (Å²) in [6.07, 6.45) is 5.67. The Morgan fingerprint density at radius 1 is 1.40 bits per heavy atom. The Balaban J connectivity index is 1.95. The molecule has 3 unspecified atom stereocenters. The molecule has 1 N–H and O–H groups in total. The van der Waals surface area contributed by atoms with Gasteiger partial charge in [-0.2, -0.15) is 0 Å². The summed E-state index contributed by atoms with van der Waals surface area (Å²) in [5, 5.41) is 9.91. The number of benzene rings is 1. The second-order valence-corrected chi connectivity index (χ2v) is 6.25. The van der Waals surface area contributed by atoms with E-state index in [1.165, 1.54) is 5.56 Å². The summed E-state index contributed by atoms with van der Waals surface area (Å²) in [5.41, 5.74) is 1.47. The molecule has 2 aliphatic rings. The molecule has 0 amide bonds. The number of carboxylic acids is 1. The van der Waals surface area contributed by atoms with Gasteiger partial charge in [-0.25, -0.2) is 0 Å². The minimum Gasteiger partial charge on any atom is -0.481 e. The average Bonchev–Trinajstić information content (AvgIpc) is 2.84. The van der Waals surface area contributed by atoms with E-state index in [4.69, 9.17) is 4.74 Å². The molecule has 1 aromatic rings. The third kappa shape index (κ3) is 2.24. The van der Waals surface area contributed by atoms with E-state index < -0.39 is 11.4 Å². The van der Waals surface area contributed by atoms with Crippen molar-refractivity contribution >= 4 is 5.97 Å². The maximum absolute atomic E-state index is 12.1. The van der Waals surface area contributed by atoms with Crippen LogP contribution in [0.3, 0.4) is 0 Å². The summed E-state index contributed by atoms with van der Waals surface area (Å²) in [6.45, 7) is 2.07. The van der Waals surface area contributed by atoms with Crippen LogP contribution < -0.4 is 0 Å². The maximum atomic E-state index is 12.1. The van der Waals surface area contributed by atoms with Gasteiger partial charge in [-0.05, 0) is 56.6 Å². The van der Waals surface area contributed by atoms with Gasteiger partial charge < -0.3 is 9.84 Å². The lowest BCUT2D eigenvalue weighted by Crippen LogP contribution is -2.42. The second-order valence-electron chi connectivity index (χ2n) is 6.25. The Kier molecular flexibility index (Phi) is 3.55. The predicted molar refractivity (Wildman–Crippen MR) is 76.9 cm³/mol. The van der Waals surface area contributed by atoms with E-state index in [9.17, 15) is 9.90 Å². The lowest BCUT2D eigenvalue weighted by atomic mass is 9.67. The van der Waals surface area contributed by atoms with Gasteiger partial charge in [-0.3, -0.25) is 4.79 Å². The highest BCUT2D eigenvalue weighted by Crippen LogP contribution is 2.43. The fourth-order valence-electron chi connectivity index (χ4n) is 3.87. The van der Waals surface area contributed by atoms with Crippen molar-refractivity contribution in [2.75, 3.05) is 0 Å². The molecule has 1 fully saturated rings. The topological polar surface area (TPSA) is 46.5 Å². The highest BCUT2D eigenvalue weighted by Gasteiger charge is 2.46. The van der Waals surface area contributed by atoms with Crippen LogP contribution in [0.15, 0.2) is 24.3 Å². The van der Waals surface area contributed by atoms with Crippen molar-refractivity contribution in [2.45, 2.75) is 63.1 Å². The molecule has 1 heterocycles. The van der Waals surface area contributed by atoms with Crippen LogP contribution in [-0.2, 0) is 21.4 Å². The third-order valence-electron chi connectivity index (χ3n) is 4.89. The van der Waals surface area contributed by atoms with Gasteiger partial charge in [0.2, 0.25) is 0 Å². The summed E-state index contributed by atoms with van der Waals surface area (Å²) in [7, 11) is 0. The van der Waals surface area contributed by atoms with Gasteiger partial charge in [-0.1, -0.05) is 24.3 Å². The molecular weight excluding hydrogens is 252 g/mol. The first-order valence-electron chi connectivity index (χ1n) is 7.59. The summed E-state index contributed by atoms with van der Waals surface area (Å²) >= 11 is 0. The fraction of sp³-hybridized carbons (Fsp3) is 0.588. The number of ether oxygens (including phenoxy) is 1. The molecule has 20 heavy (non-hydrogen) atoms. The van der Waals surface area contributed by atoms with Gasteiger partial charge in [-0.15, -0.1) is 0 Å². The van der Waals surface area contributed by atoms with Crippen LogP contribution in [0.25, 0.3) is 0 Å². The largest absolute Gasteiger partial charge is 0.481 e. The van der Waals surface area contributed by atoms with E-state index in [1.807, 2.05) is 18.2 Å². The van der Waals surface area contributed by atoms with E-state index in [2.05, 4.69) is 13.0 Å². The Labute approximate surface area is 120 Å². The number of carboxylic acid groups (broad SMARTS) is 1. The van der Waals surface area contributed by atoms with Crippen LogP contribution in [0, 0.1) is 0 Å². The molecule has 0 saturated carbocycles. The van der Waals surface area contributed by atoms with E-state index in [-0.39, 0.29) is 12.2 Å². The van der Waals surface area contributed by atoms with Gasteiger partial charge in [0.25, 0.3) is 0 Å². The highest BCUT2D eigenvalue weighted by atomic mass is 16.5. The molecule has 0 aromatic heterocycles. The smallest absolute Gasteiger partial charge is 0.314 e. The number of carbonyl (C=O) groups is 1. The number of hydrogen-bond acceptors (Lipinski definition) is 2. The third-order valence-corrected chi connectivity index (χ3v) is 4.89. The summed E-state index contributed by atoms with van der Waals surface area (Å²) < 4.78 is 5.89. The zero-order valence-electron chi connectivity index (χ0n) is 12.0. The zero-order valence-corrected chi connectivity index (χ0v) is 12.0. The molecule has 3 nitrogen and oxygen atoms in total. The van der Waals surface area contributed by atoms with Crippen LogP contribution in [0.5, 0.6) is 0 Å². The standard InChI is InChI=1S/C17H22O3/c1-12-8-9-14(20-12)11-17(16(18)19)10-4-6-13-5-2-3-7-15(13)17/h2-3,5,7,12,14H,4,6,8-11H2,1H3,(H,18,19). The van der Waals surface area contributed by atoms with Gasteiger partial charge in [0.1, 0.15) is 0 Å². The Bertz CT molecular complexity index is 511. The SMILES string of the molecule is CC1CCC(CC2(C(=O)O)CCCc3ccccc32)O1. The summed E-state index contributed by atoms with van der Waals surface area (Å²) in [5.74, 6) is -0.687. The van der Waals surface area contributed by atoms with Crippen LogP contribution in [-0.4, -0.2) is 23.3 Å². The normalized spacial score (nSPS) is 32.9. The van der Waals surface area contributed by atoms with Crippen LogP contribution >= 0.6 is 0 Å². The number of aryl methyl sites for hydroxylation is 1. The first kappa shape index (κ1) is 13.6. The van der Waals surface area contributed by atoms with Crippen molar-refractivity contribution in [1.82, 2.24) is 0 Å². The van der Waals surface area contributed by atoms with Gasteiger partial charge >= 0.3 is 5.97 Å². The van der Waals surface area contributed by atoms with E-state index in [0.29, 0.717) is 6.42 Å². The predicted octanol–water partition coefficient (Wildman–Crippen LogP) is 3.30. The second kappa shape index (κ2) is 5.21. The van der Waals surface area contributed by atoms with Gasteiger partial charge in [0.15, 0.2) is 0 Å². The van der Waals surface area contributed by atoms with Crippen molar-refractivity contribution in [3.8, 4) is 0 Å². The Morgan fingerprint density at radius 2 is 2.20 bits per heavy atom. The van der Waals surface area contributed by atoms with Crippen molar-refractivity contribution < 1.29 is 14.6 Å². The quantitative estimate of drug-likeness (QED) is 0.920. The Morgan fingerprint density at radius 3 is 2.90 bits per heavy atom. The number of aliphatic carboxylic acids is 1. The van der Waals surface area contributed by atoms with Crippen molar-refractivity contribution in [2.24, 2.45) is 0 Å². The zero-order chi connectivity index (χ0) is 14.2. The van der Waals surface area contributed by atoms with Crippen molar-refractivity contribution in [1.29, 1.82) is 0 Å². The molecule has 3 atom stereocenters. The molecule has 1 aliphatic carbocycles. The molecule has 1 aliphatic heterocycles. The molecule has 0 bridgehead atoms. The summed E-state index contributed by atoms with van der Waals surface area (Å²) in [6, 6.07) is 8.04. The van der Waals surface area contributed by atoms with Crippen LogP contribution in [0.2, 0.25) is 0 Å². The van der Waals surface area contributed by atoms with Gasteiger partial charge in [0.05, 0.1) is 17.6 Å². The molecule has 1 aromatic carbocycles. The Hall–Kier alpha value is -1.35. The average molecular weight is 274 g/mol.